The minimum atomic E-state index is -1.65. The molecule has 0 amide bonds. The van der Waals surface area contributed by atoms with Crippen LogP contribution >= 0.6 is 12.0 Å². The number of benzene rings is 1. The van der Waals surface area contributed by atoms with Crippen LogP contribution in [0.15, 0.2) is 4.90 Å². The van der Waals surface area contributed by atoms with Crippen LogP contribution in [0.4, 0.5) is 17.6 Å². The van der Waals surface area contributed by atoms with Crippen molar-refractivity contribution in [1.29, 1.82) is 0 Å². The first-order valence-corrected chi connectivity index (χ1v) is 9.52. The molecule has 5 nitrogen and oxygen atoms in total. The number of hydrogen-bond acceptors (Lipinski definition) is 6. The molecular weight excluding hydrogens is 404 g/mol. The smallest absolute Gasteiger partial charge is 0.306 e. The summed E-state index contributed by atoms with van der Waals surface area (Å²) in [4.78, 5) is 10.4. The average Bonchev–Trinajstić information content (AvgIpc) is 2.60. The number of esters is 1. The summed E-state index contributed by atoms with van der Waals surface area (Å²) in [6, 6.07) is 0. The summed E-state index contributed by atoms with van der Waals surface area (Å²) >= 11 is -0.249. The summed E-state index contributed by atoms with van der Waals surface area (Å²) in [5.74, 6) is -6.63. The van der Waals surface area contributed by atoms with E-state index in [-0.39, 0.29) is 30.9 Å². The van der Waals surface area contributed by atoms with Crippen molar-refractivity contribution >= 4 is 18.0 Å². The second-order valence-corrected chi connectivity index (χ2v) is 7.85. The summed E-state index contributed by atoms with van der Waals surface area (Å²) in [6.45, 7) is 5.35. The highest BCUT2D eigenvalue weighted by atomic mass is 32.2. The number of ether oxygens (including phenoxy) is 1. The van der Waals surface area contributed by atoms with Crippen molar-refractivity contribution in [3.8, 4) is 0 Å². The van der Waals surface area contributed by atoms with Gasteiger partial charge in [0.15, 0.2) is 23.3 Å². The molecule has 0 aromatic heterocycles. The molecule has 0 aliphatic heterocycles. The molecule has 28 heavy (non-hydrogen) atoms. The third-order valence-electron chi connectivity index (χ3n) is 3.69. The van der Waals surface area contributed by atoms with Gasteiger partial charge in [0.05, 0.1) is 12.0 Å². The summed E-state index contributed by atoms with van der Waals surface area (Å²) in [7, 11) is 0. The fourth-order valence-electron chi connectivity index (χ4n) is 2.49. The fraction of sp³-hybridized carbons (Fsp3) is 0.611. The van der Waals surface area contributed by atoms with Gasteiger partial charge in [0.1, 0.15) is 10.5 Å². The molecule has 0 saturated carbocycles. The molecule has 0 spiro atoms. The van der Waals surface area contributed by atoms with Crippen LogP contribution < -0.4 is 5.26 Å². The predicted octanol–water partition coefficient (Wildman–Crippen LogP) is 4.70. The van der Waals surface area contributed by atoms with Crippen LogP contribution in [0, 0.1) is 23.3 Å². The summed E-state index contributed by atoms with van der Waals surface area (Å²) in [5, 5.41) is 12.6. The van der Waals surface area contributed by atoms with Crippen LogP contribution in [0.5, 0.6) is 0 Å². The van der Waals surface area contributed by atoms with E-state index in [0.717, 1.165) is 6.42 Å². The van der Waals surface area contributed by atoms with Gasteiger partial charge < -0.3 is 9.99 Å². The van der Waals surface area contributed by atoms with E-state index in [9.17, 15) is 27.6 Å². The zero-order chi connectivity index (χ0) is 21.3. The van der Waals surface area contributed by atoms with Crippen LogP contribution in [-0.2, 0) is 25.3 Å². The van der Waals surface area contributed by atoms with Gasteiger partial charge in [-0.15, -0.1) is 0 Å². The average molecular weight is 427 g/mol. The van der Waals surface area contributed by atoms with Crippen LogP contribution in [-0.4, -0.2) is 11.6 Å². The molecule has 0 atom stereocenters. The van der Waals surface area contributed by atoms with Crippen molar-refractivity contribution < 1.29 is 41.7 Å². The lowest BCUT2D eigenvalue weighted by atomic mass is 10.0. The molecule has 0 aliphatic rings. The zero-order valence-corrected chi connectivity index (χ0v) is 16.7. The Morgan fingerprint density at radius 2 is 1.46 bits per heavy atom. The molecule has 160 valence electrons. The number of halogens is 4. The maximum atomic E-state index is 14.0. The van der Waals surface area contributed by atoms with E-state index in [1.54, 1.807) is 20.8 Å². The Balaban J connectivity index is 2.44. The highest BCUT2D eigenvalue weighted by Gasteiger charge is 2.26. The Morgan fingerprint density at radius 3 is 2.00 bits per heavy atom. The van der Waals surface area contributed by atoms with Gasteiger partial charge in [-0.3, -0.25) is 9.83 Å². The molecule has 0 saturated heterocycles. The Morgan fingerprint density at radius 1 is 0.929 bits per heavy atom. The third kappa shape index (κ3) is 7.94. The molecule has 1 rings (SSSR count). The van der Waals surface area contributed by atoms with Crippen LogP contribution in [0.1, 0.15) is 64.9 Å². The normalized spacial score (nSPS) is 11.7. The zero-order valence-electron chi connectivity index (χ0n) is 15.9. The topological polar surface area (TPSA) is 67.8 Å². The van der Waals surface area contributed by atoms with Gasteiger partial charge in [-0.2, -0.15) is 4.33 Å². The third-order valence-corrected chi connectivity index (χ3v) is 4.34. The molecule has 0 radical (unpaired) electrons. The van der Waals surface area contributed by atoms with E-state index >= 15 is 0 Å². The molecular formula is C18H23F4O5S-. The molecule has 0 heterocycles. The molecule has 1 aromatic rings. The molecule has 0 unspecified atom stereocenters. The molecule has 0 aliphatic carbocycles. The summed E-state index contributed by atoms with van der Waals surface area (Å²) < 4.78 is 64.5. The Hall–Kier alpha value is -1.36. The van der Waals surface area contributed by atoms with Gasteiger partial charge in [0, 0.05) is 12.0 Å². The first kappa shape index (κ1) is 24.7. The van der Waals surface area contributed by atoms with Gasteiger partial charge in [-0.25, -0.2) is 17.6 Å². The van der Waals surface area contributed by atoms with E-state index in [2.05, 4.69) is 9.37 Å². The van der Waals surface area contributed by atoms with Crippen molar-refractivity contribution in [2.75, 3.05) is 0 Å². The second kappa shape index (κ2) is 11.6. The molecule has 0 N–H and O–H groups in total. The van der Waals surface area contributed by atoms with E-state index in [1.807, 2.05) is 0 Å². The molecule has 0 fully saturated rings. The minimum absolute atomic E-state index is 0.193. The minimum Gasteiger partial charge on any atom is -0.691 e. The summed E-state index contributed by atoms with van der Waals surface area (Å²) in [6.07, 6.45) is 3.00. The second-order valence-electron chi connectivity index (χ2n) is 7.14. The van der Waals surface area contributed by atoms with Crippen molar-refractivity contribution in [3.63, 3.8) is 0 Å². The Labute approximate surface area is 165 Å². The number of rotatable bonds is 11. The predicted molar refractivity (Wildman–Crippen MR) is 91.6 cm³/mol. The van der Waals surface area contributed by atoms with Crippen LogP contribution in [0.2, 0.25) is 0 Å². The van der Waals surface area contributed by atoms with E-state index in [1.165, 1.54) is 0 Å². The van der Waals surface area contributed by atoms with Gasteiger partial charge >= 0.3 is 5.97 Å². The molecule has 0 bridgehead atoms. The van der Waals surface area contributed by atoms with Crippen molar-refractivity contribution in [3.05, 3.63) is 28.8 Å². The highest BCUT2D eigenvalue weighted by Crippen LogP contribution is 2.32. The lowest BCUT2D eigenvalue weighted by molar-refractivity contribution is -0.777. The van der Waals surface area contributed by atoms with Gasteiger partial charge in [0.2, 0.25) is 0 Å². The first-order valence-electron chi connectivity index (χ1n) is 8.78. The fourth-order valence-corrected chi connectivity index (χ4v) is 2.91. The maximum Gasteiger partial charge on any atom is 0.306 e. The quantitative estimate of drug-likeness (QED) is 0.0970. The van der Waals surface area contributed by atoms with Crippen molar-refractivity contribution in [2.45, 2.75) is 76.2 Å². The number of carbonyl (C=O) groups is 1. The monoisotopic (exact) mass is 427 g/mol. The SMILES string of the molecule is CC(C)(C)OC(=O)CCCCCCCc1c(F)c(F)c(SOO[O-])c(F)c1F. The van der Waals surface area contributed by atoms with E-state index in [0.29, 0.717) is 25.7 Å². The maximum absolute atomic E-state index is 14.0. The number of hydrogen-bond donors (Lipinski definition) is 0. The number of unbranched alkanes of at least 4 members (excludes halogenated alkanes) is 4. The van der Waals surface area contributed by atoms with Gasteiger partial charge in [0.25, 0.3) is 0 Å². The first-order chi connectivity index (χ1) is 13.1. The molecule has 10 heteroatoms. The van der Waals surface area contributed by atoms with Gasteiger partial charge in [-0.05, 0) is 40.0 Å². The van der Waals surface area contributed by atoms with Gasteiger partial charge in [-0.1, -0.05) is 19.3 Å². The van der Waals surface area contributed by atoms with Crippen molar-refractivity contribution in [2.24, 2.45) is 0 Å². The summed E-state index contributed by atoms with van der Waals surface area (Å²) in [5.41, 5.74) is -1.23. The van der Waals surface area contributed by atoms with Crippen molar-refractivity contribution in [1.82, 2.24) is 0 Å². The number of carbonyl (C=O) groups excluding carboxylic acids is 1. The molecule has 1 aromatic carbocycles. The largest absolute Gasteiger partial charge is 0.691 e. The van der Waals surface area contributed by atoms with Crippen LogP contribution in [0.25, 0.3) is 0 Å². The van der Waals surface area contributed by atoms with E-state index < -0.39 is 39.3 Å². The highest BCUT2D eigenvalue weighted by molar-refractivity contribution is 7.94. The lowest BCUT2D eigenvalue weighted by Crippen LogP contribution is -2.23. The lowest BCUT2D eigenvalue weighted by Gasteiger charge is -2.19. The standard InChI is InChI=1S/C18H24F4O5S/c1-18(2,3)25-12(23)10-8-6-4-5-7-9-11-13(19)15(21)17(28-27-26-24)16(22)14(11)20/h24H,4-10H2,1-3H3/p-1. The van der Waals surface area contributed by atoms with E-state index in [4.69, 9.17) is 4.74 Å². The Bertz CT molecular complexity index is 635. The van der Waals surface area contributed by atoms with Crippen LogP contribution in [0.3, 0.4) is 0 Å². The Kier molecular flexibility index (Phi) is 10.2.